The van der Waals surface area contributed by atoms with Gasteiger partial charge in [-0.3, -0.25) is 19.9 Å². The van der Waals surface area contributed by atoms with Gasteiger partial charge in [0.2, 0.25) is 6.26 Å². The Bertz CT molecular complexity index is 318. The highest BCUT2D eigenvalue weighted by atomic mass is 17.2. The summed E-state index contributed by atoms with van der Waals surface area (Å²) < 4.78 is 4.57. The van der Waals surface area contributed by atoms with Crippen LogP contribution in [0.25, 0.3) is 0 Å². The maximum Gasteiger partial charge on any atom is 0.348 e. The van der Waals surface area contributed by atoms with Crippen LogP contribution in [0, 0.1) is 10.1 Å². The third-order valence-electron chi connectivity index (χ3n) is 1.35. The van der Waals surface area contributed by atoms with Gasteiger partial charge in [0.1, 0.15) is 0 Å². The second kappa shape index (κ2) is 4.26. The highest BCUT2D eigenvalue weighted by molar-refractivity contribution is 5.92. The van der Waals surface area contributed by atoms with Crippen molar-refractivity contribution in [1.82, 2.24) is 0 Å². The van der Waals surface area contributed by atoms with Crippen LogP contribution in [0.15, 0.2) is 23.8 Å². The van der Waals surface area contributed by atoms with Crippen LogP contribution in [0.5, 0.6) is 0 Å². The van der Waals surface area contributed by atoms with Crippen molar-refractivity contribution >= 4 is 5.97 Å². The van der Waals surface area contributed by atoms with Gasteiger partial charge in [0.05, 0.1) is 11.5 Å². The van der Waals surface area contributed by atoms with E-state index in [0.29, 0.717) is 0 Å². The van der Waals surface area contributed by atoms with Crippen LogP contribution in [0.2, 0.25) is 0 Å². The summed E-state index contributed by atoms with van der Waals surface area (Å²) in [4.78, 5) is 29.3. The monoisotopic (exact) mass is 201 g/mol. The number of hydrogen-bond acceptors (Lipinski definition) is 6. The molecule has 76 valence electrons. The molecule has 7 heteroatoms. The van der Waals surface area contributed by atoms with Gasteiger partial charge in [-0.15, -0.1) is 0 Å². The van der Waals surface area contributed by atoms with Crippen LogP contribution in [0.1, 0.15) is 6.92 Å². The Morgan fingerprint density at radius 2 is 2.21 bits per heavy atom. The number of hydrogen-bond donors (Lipinski definition) is 0. The van der Waals surface area contributed by atoms with E-state index in [-0.39, 0.29) is 12.2 Å². The minimum atomic E-state index is -0.821. The molecule has 0 bridgehead atoms. The number of nitro groups is 1. The van der Waals surface area contributed by atoms with Crippen molar-refractivity contribution in [1.29, 1.82) is 0 Å². The topological polar surface area (TPSA) is 87.9 Å². The standard InChI is InChI=1S/C7H7NO6/c1-2-12-7(9)5-3-13-14-4-6(5)8(10)11/h3-4H,2H2,1H3. The Kier molecular flexibility index (Phi) is 3.05. The zero-order valence-electron chi connectivity index (χ0n) is 7.26. The lowest BCUT2D eigenvalue weighted by Gasteiger charge is -2.07. The maximum absolute atomic E-state index is 11.1. The van der Waals surface area contributed by atoms with Gasteiger partial charge in [-0.2, -0.15) is 0 Å². The number of nitrogens with zero attached hydrogens (tertiary/aromatic N) is 1. The minimum absolute atomic E-state index is 0.127. The second-order valence-corrected chi connectivity index (χ2v) is 2.20. The minimum Gasteiger partial charge on any atom is -0.462 e. The van der Waals surface area contributed by atoms with Crippen molar-refractivity contribution in [3.63, 3.8) is 0 Å². The van der Waals surface area contributed by atoms with Gasteiger partial charge >= 0.3 is 11.7 Å². The molecule has 1 aliphatic heterocycles. The second-order valence-electron chi connectivity index (χ2n) is 2.20. The Labute approximate surface area is 78.6 Å². The normalized spacial score (nSPS) is 14.4. The maximum atomic E-state index is 11.1. The quantitative estimate of drug-likeness (QED) is 0.286. The first kappa shape index (κ1) is 10.0. The van der Waals surface area contributed by atoms with E-state index in [0.717, 1.165) is 12.5 Å². The molecule has 1 rings (SSSR count). The molecule has 0 atom stereocenters. The molecule has 0 aromatic rings. The fraction of sp³-hybridized carbons (Fsp3) is 0.286. The molecule has 0 spiro atoms. The summed E-state index contributed by atoms with van der Waals surface area (Å²) >= 11 is 0. The molecule has 1 heterocycles. The van der Waals surface area contributed by atoms with Crippen molar-refractivity contribution in [2.75, 3.05) is 6.61 Å². The summed E-state index contributed by atoms with van der Waals surface area (Å²) in [5, 5.41) is 10.4. The van der Waals surface area contributed by atoms with Gasteiger partial charge in [-0.25, -0.2) is 4.79 Å². The first-order valence-electron chi connectivity index (χ1n) is 3.71. The lowest BCUT2D eigenvalue weighted by Crippen LogP contribution is -2.17. The van der Waals surface area contributed by atoms with Crippen LogP contribution >= 0.6 is 0 Å². The molecule has 0 aromatic heterocycles. The van der Waals surface area contributed by atoms with E-state index in [1.54, 1.807) is 6.92 Å². The molecular formula is C7H7NO6. The van der Waals surface area contributed by atoms with Crippen molar-refractivity contribution in [3.05, 3.63) is 33.9 Å². The zero-order valence-corrected chi connectivity index (χ0v) is 7.26. The van der Waals surface area contributed by atoms with Crippen LogP contribution in [-0.2, 0) is 19.3 Å². The first-order chi connectivity index (χ1) is 6.66. The third kappa shape index (κ3) is 2.00. The van der Waals surface area contributed by atoms with E-state index in [1.165, 1.54) is 0 Å². The highest BCUT2D eigenvalue weighted by Gasteiger charge is 2.30. The summed E-state index contributed by atoms with van der Waals surface area (Å²) in [5.74, 6) is -0.821. The fourth-order valence-corrected chi connectivity index (χ4v) is 0.776. The molecule has 0 N–H and O–H groups in total. The molecule has 0 amide bonds. The van der Waals surface area contributed by atoms with E-state index >= 15 is 0 Å². The molecule has 0 aromatic carbocycles. The predicted octanol–water partition coefficient (Wildman–Crippen LogP) is 0.513. The van der Waals surface area contributed by atoms with Gasteiger partial charge in [-0.1, -0.05) is 0 Å². The fourth-order valence-electron chi connectivity index (χ4n) is 0.776. The van der Waals surface area contributed by atoms with E-state index < -0.39 is 16.6 Å². The summed E-state index contributed by atoms with van der Waals surface area (Å²) in [6.45, 7) is 1.72. The lowest BCUT2D eigenvalue weighted by molar-refractivity contribution is -0.427. The number of rotatable bonds is 3. The molecule has 0 unspecified atom stereocenters. The SMILES string of the molecule is CCOC(=O)C1=COOC=C1[N+](=O)[O-]. The molecule has 14 heavy (non-hydrogen) atoms. The van der Waals surface area contributed by atoms with E-state index in [4.69, 9.17) is 0 Å². The summed E-state index contributed by atoms with van der Waals surface area (Å²) in [7, 11) is 0. The first-order valence-corrected chi connectivity index (χ1v) is 3.71. The van der Waals surface area contributed by atoms with Gasteiger partial charge < -0.3 is 4.74 Å². The Hall–Kier alpha value is -2.05. The number of carbonyl (C=O) groups is 1. The zero-order chi connectivity index (χ0) is 10.6. The smallest absolute Gasteiger partial charge is 0.348 e. The Balaban J connectivity index is 2.85. The molecule has 1 aliphatic rings. The molecular weight excluding hydrogens is 194 g/mol. The molecule has 0 aliphatic carbocycles. The van der Waals surface area contributed by atoms with Crippen LogP contribution in [-0.4, -0.2) is 17.5 Å². The Morgan fingerprint density at radius 3 is 2.79 bits per heavy atom. The highest BCUT2D eigenvalue weighted by Crippen LogP contribution is 2.17. The molecule has 0 saturated heterocycles. The van der Waals surface area contributed by atoms with Crippen molar-refractivity contribution in [2.24, 2.45) is 0 Å². The molecule has 0 fully saturated rings. The van der Waals surface area contributed by atoms with E-state index in [2.05, 4.69) is 14.5 Å². The molecule has 0 saturated carbocycles. The Morgan fingerprint density at radius 1 is 1.57 bits per heavy atom. The van der Waals surface area contributed by atoms with Crippen molar-refractivity contribution in [2.45, 2.75) is 6.92 Å². The molecule has 7 nitrogen and oxygen atoms in total. The number of ether oxygens (including phenoxy) is 1. The lowest BCUT2D eigenvalue weighted by atomic mass is 10.2. The van der Waals surface area contributed by atoms with E-state index in [1.807, 2.05) is 0 Å². The average molecular weight is 201 g/mol. The average Bonchev–Trinajstić information content (AvgIpc) is 2.18. The summed E-state index contributed by atoms with van der Waals surface area (Å²) in [5.41, 5.74) is -0.766. The molecule has 0 radical (unpaired) electrons. The van der Waals surface area contributed by atoms with Crippen LogP contribution in [0.3, 0.4) is 0 Å². The number of carbonyl (C=O) groups excluding carboxylic acids is 1. The van der Waals surface area contributed by atoms with Crippen molar-refractivity contribution in [3.8, 4) is 0 Å². The summed E-state index contributed by atoms with van der Waals surface area (Å²) in [6.07, 6.45) is 1.56. The largest absolute Gasteiger partial charge is 0.462 e. The van der Waals surface area contributed by atoms with Gasteiger partial charge in [0, 0.05) is 0 Å². The van der Waals surface area contributed by atoms with Crippen LogP contribution < -0.4 is 0 Å². The number of esters is 1. The van der Waals surface area contributed by atoms with E-state index in [9.17, 15) is 14.9 Å². The van der Waals surface area contributed by atoms with Gasteiger partial charge in [0.25, 0.3) is 0 Å². The van der Waals surface area contributed by atoms with Gasteiger partial charge in [0.15, 0.2) is 11.8 Å². The summed E-state index contributed by atoms with van der Waals surface area (Å²) in [6, 6.07) is 0. The third-order valence-corrected chi connectivity index (χ3v) is 1.35. The van der Waals surface area contributed by atoms with Crippen molar-refractivity contribution < 1.29 is 24.2 Å². The predicted molar refractivity (Wildman–Crippen MR) is 42.0 cm³/mol. The van der Waals surface area contributed by atoms with Gasteiger partial charge in [-0.05, 0) is 6.92 Å². The van der Waals surface area contributed by atoms with Crippen LogP contribution in [0.4, 0.5) is 0 Å².